The summed E-state index contributed by atoms with van der Waals surface area (Å²) in [4.78, 5) is 13.2. The Bertz CT molecular complexity index is 426. The van der Waals surface area contributed by atoms with Crippen LogP contribution in [0.15, 0.2) is 36.5 Å². The molecule has 2 rings (SSSR count). The number of hydrogen-bond acceptors (Lipinski definition) is 3. The van der Waals surface area contributed by atoms with Crippen LogP contribution < -0.4 is 0 Å². The second-order valence-electron chi connectivity index (χ2n) is 4.18. The van der Waals surface area contributed by atoms with E-state index in [9.17, 15) is 4.79 Å². The second-order valence-corrected chi connectivity index (χ2v) is 4.18. The molecule has 0 radical (unpaired) electrons. The first-order valence-corrected chi connectivity index (χ1v) is 5.86. The van der Waals surface area contributed by atoms with Crippen molar-refractivity contribution >= 4 is 5.97 Å². The van der Waals surface area contributed by atoms with E-state index >= 15 is 0 Å². The number of fused-ring (bicyclic) bond motifs is 1. The molecule has 17 heavy (non-hydrogen) atoms. The second kappa shape index (κ2) is 5.53. The lowest BCUT2D eigenvalue weighted by Crippen LogP contribution is -2.17. The molecule has 1 aromatic rings. The predicted octanol–water partition coefficient (Wildman–Crippen LogP) is 2.12. The van der Waals surface area contributed by atoms with Gasteiger partial charge in [0.05, 0.1) is 7.11 Å². The van der Waals surface area contributed by atoms with Crippen LogP contribution in [-0.4, -0.2) is 24.5 Å². The normalized spacial score (nSPS) is 15.5. The Morgan fingerprint density at radius 3 is 2.88 bits per heavy atom. The maximum absolute atomic E-state index is 11.1. The van der Waals surface area contributed by atoms with Gasteiger partial charge in [0.1, 0.15) is 0 Å². The van der Waals surface area contributed by atoms with Crippen LogP contribution in [0.1, 0.15) is 17.5 Å². The number of nitrogens with zero attached hydrogens (tertiary/aromatic N) is 1. The van der Waals surface area contributed by atoms with Crippen LogP contribution >= 0.6 is 0 Å². The van der Waals surface area contributed by atoms with Crippen molar-refractivity contribution in [3.05, 3.63) is 47.7 Å². The monoisotopic (exact) mass is 231 g/mol. The highest BCUT2D eigenvalue weighted by molar-refractivity contribution is 5.81. The molecule has 3 nitrogen and oxygen atoms in total. The smallest absolute Gasteiger partial charge is 0.331 e. The molecule has 0 atom stereocenters. The fourth-order valence-electron chi connectivity index (χ4n) is 2.09. The number of esters is 1. The van der Waals surface area contributed by atoms with Crippen molar-refractivity contribution in [2.24, 2.45) is 0 Å². The third kappa shape index (κ3) is 3.09. The van der Waals surface area contributed by atoms with Gasteiger partial charge in [0.25, 0.3) is 0 Å². The van der Waals surface area contributed by atoms with Crippen molar-refractivity contribution in [3.63, 3.8) is 0 Å². The number of aryl methyl sites for hydroxylation is 1. The molecule has 1 heterocycles. The summed E-state index contributed by atoms with van der Waals surface area (Å²) in [6, 6.07) is 8.48. The fraction of sp³-hybridized carbons (Fsp3) is 0.357. The van der Waals surface area contributed by atoms with Crippen molar-refractivity contribution in [1.82, 2.24) is 4.90 Å². The van der Waals surface area contributed by atoms with Gasteiger partial charge in [-0.05, 0) is 24.0 Å². The van der Waals surface area contributed by atoms with Gasteiger partial charge in [-0.2, -0.15) is 0 Å². The maximum Gasteiger partial charge on any atom is 0.331 e. The highest BCUT2D eigenvalue weighted by atomic mass is 16.5. The van der Waals surface area contributed by atoms with Crippen molar-refractivity contribution < 1.29 is 9.53 Å². The molecule has 0 aliphatic carbocycles. The highest BCUT2D eigenvalue weighted by Crippen LogP contribution is 2.18. The van der Waals surface area contributed by atoms with E-state index in [-0.39, 0.29) is 5.97 Å². The largest absolute Gasteiger partial charge is 0.466 e. The zero-order chi connectivity index (χ0) is 12.1. The minimum Gasteiger partial charge on any atom is -0.466 e. The van der Waals surface area contributed by atoms with Crippen LogP contribution in [0.3, 0.4) is 0 Å². The molecule has 0 N–H and O–H groups in total. The summed E-state index contributed by atoms with van der Waals surface area (Å²) in [5, 5.41) is 0. The van der Waals surface area contributed by atoms with Gasteiger partial charge < -0.3 is 9.64 Å². The Labute approximate surface area is 102 Å². The number of carbonyl (C=O) groups is 1. The first kappa shape index (κ1) is 11.7. The van der Waals surface area contributed by atoms with E-state index in [0.717, 1.165) is 25.9 Å². The molecule has 0 amide bonds. The molecule has 1 aromatic carbocycles. The van der Waals surface area contributed by atoms with Crippen LogP contribution in [0.5, 0.6) is 0 Å². The summed E-state index contributed by atoms with van der Waals surface area (Å²) >= 11 is 0. The van der Waals surface area contributed by atoms with Gasteiger partial charge in [0.15, 0.2) is 0 Å². The first-order valence-electron chi connectivity index (χ1n) is 5.86. The molecule has 1 aliphatic rings. The van der Waals surface area contributed by atoms with Gasteiger partial charge in [-0.25, -0.2) is 4.79 Å². The van der Waals surface area contributed by atoms with Crippen molar-refractivity contribution in [2.75, 3.05) is 13.7 Å². The molecule has 1 aliphatic heterocycles. The number of methoxy groups -OCH3 is 1. The molecular formula is C14H17NO2. The molecule has 0 fully saturated rings. The average Bonchev–Trinajstić information content (AvgIpc) is 2.57. The minimum atomic E-state index is -0.303. The number of carbonyl (C=O) groups excluding carboxylic acids is 1. The first-order chi connectivity index (χ1) is 8.29. The SMILES string of the molecule is COC(=O)C=CN1CCCc2ccccc2C1. The molecule has 0 bridgehead atoms. The van der Waals surface area contributed by atoms with Gasteiger partial charge >= 0.3 is 5.97 Å². The van der Waals surface area contributed by atoms with E-state index in [4.69, 9.17) is 0 Å². The molecule has 0 saturated heterocycles. The van der Waals surface area contributed by atoms with Gasteiger partial charge in [0.2, 0.25) is 0 Å². The lowest BCUT2D eigenvalue weighted by atomic mass is 10.0. The summed E-state index contributed by atoms with van der Waals surface area (Å²) in [7, 11) is 1.39. The minimum absolute atomic E-state index is 0.303. The number of hydrogen-bond donors (Lipinski definition) is 0. The van der Waals surface area contributed by atoms with Crippen molar-refractivity contribution in [2.45, 2.75) is 19.4 Å². The summed E-state index contributed by atoms with van der Waals surface area (Å²) in [5.74, 6) is -0.303. The predicted molar refractivity (Wildman–Crippen MR) is 66.3 cm³/mol. The summed E-state index contributed by atoms with van der Waals surface area (Å²) < 4.78 is 4.59. The summed E-state index contributed by atoms with van der Waals surface area (Å²) in [6.07, 6.45) is 5.53. The lowest BCUT2D eigenvalue weighted by molar-refractivity contribution is -0.134. The van der Waals surface area contributed by atoms with Crippen LogP contribution in [-0.2, 0) is 22.5 Å². The molecule has 3 heteroatoms. The quantitative estimate of drug-likeness (QED) is 0.577. The Morgan fingerprint density at radius 1 is 1.35 bits per heavy atom. The molecule has 0 saturated carbocycles. The zero-order valence-corrected chi connectivity index (χ0v) is 10.1. The van der Waals surface area contributed by atoms with E-state index in [2.05, 4.69) is 33.9 Å². The molecular weight excluding hydrogens is 214 g/mol. The van der Waals surface area contributed by atoms with Crippen LogP contribution in [0.4, 0.5) is 0 Å². The Hall–Kier alpha value is -1.77. The van der Waals surface area contributed by atoms with Gasteiger partial charge in [-0.3, -0.25) is 0 Å². The van der Waals surface area contributed by atoms with Gasteiger partial charge in [0, 0.05) is 25.4 Å². The average molecular weight is 231 g/mol. The van der Waals surface area contributed by atoms with E-state index < -0.39 is 0 Å². The molecule has 0 unspecified atom stereocenters. The Balaban J connectivity index is 2.08. The van der Waals surface area contributed by atoms with Crippen molar-refractivity contribution in [3.8, 4) is 0 Å². The maximum atomic E-state index is 11.1. The third-order valence-electron chi connectivity index (χ3n) is 3.01. The highest BCUT2D eigenvalue weighted by Gasteiger charge is 2.11. The van der Waals surface area contributed by atoms with Crippen LogP contribution in [0.25, 0.3) is 0 Å². The third-order valence-corrected chi connectivity index (χ3v) is 3.01. The van der Waals surface area contributed by atoms with Crippen LogP contribution in [0.2, 0.25) is 0 Å². The van der Waals surface area contributed by atoms with Crippen LogP contribution in [0, 0.1) is 0 Å². The Kier molecular flexibility index (Phi) is 3.81. The molecule has 90 valence electrons. The Morgan fingerprint density at radius 2 is 2.12 bits per heavy atom. The number of ether oxygens (including phenoxy) is 1. The lowest BCUT2D eigenvalue weighted by Gasteiger charge is -2.17. The topological polar surface area (TPSA) is 29.5 Å². The molecule has 0 aromatic heterocycles. The summed E-state index contributed by atoms with van der Waals surface area (Å²) in [6.45, 7) is 1.84. The van der Waals surface area contributed by atoms with E-state index in [1.54, 1.807) is 0 Å². The molecule has 0 spiro atoms. The van der Waals surface area contributed by atoms with Gasteiger partial charge in [-0.15, -0.1) is 0 Å². The van der Waals surface area contributed by atoms with Crippen molar-refractivity contribution in [1.29, 1.82) is 0 Å². The van der Waals surface area contributed by atoms with E-state index in [0.29, 0.717) is 0 Å². The zero-order valence-electron chi connectivity index (χ0n) is 10.1. The number of benzene rings is 1. The fourth-order valence-corrected chi connectivity index (χ4v) is 2.09. The van der Waals surface area contributed by atoms with Gasteiger partial charge in [-0.1, -0.05) is 24.3 Å². The standard InChI is InChI=1S/C14H17NO2/c1-17-14(16)8-10-15-9-4-7-12-5-2-3-6-13(12)11-15/h2-3,5-6,8,10H,4,7,9,11H2,1H3. The van der Waals surface area contributed by atoms with E-state index in [1.165, 1.54) is 24.3 Å². The number of rotatable bonds is 2. The van der Waals surface area contributed by atoms with E-state index in [1.807, 2.05) is 6.20 Å². The summed E-state index contributed by atoms with van der Waals surface area (Å²) in [5.41, 5.74) is 2.76.